The van der Waals surface area contributed by atoms with Crippen LogP contribution in [0.1, 0.15) is 21.6 Å². The summed E-state index contributed by atoms with van der Waals surface area (Å²) in [5, 5.41) is 10.1. The number of nitrogen functional groups attached to an aromatic ring is 1. The molecule has 7 heteroatoms. The molecule has 25 heavy (non-hydrogen) atoms. The molecule has 3 rings (SSSR count). The van der Waals surface area contributed by atoms with E-state index in [1.54, 1.807) is 37.5 Å². The number of hydrogen-bond acceptors (Lipinski definition) is 6. The topological polar surface area (TPSA) is 128 Å². The molecule has 1 amide bonds. The molecule has 0 unspecified atom stereocenters. The normalized spacial score (nSPS) is 10.6. The summed E-state index contributed by atoms with van der Waals surface area (Å²) < 4.78 is 0. The van der Waals surface area contributed by atoms with Gasteiger partial charge in [0.1, 0.15) is 12.1 Å². The molecule has 0 saturated carbocycles. The summed E-state index contributed by atoms with van der Waals surface area (Å²) in [5.74, 6) is -0.588. The molecule has 0 aliphatic heterocycles. The smallest absolute Gasteiger partial charge is 0.269 e. The zero-order valence-electron chi connectivity index (χ0n) is 13.8. The van der Waals surface area contributed by atoms with Crippen LogP contribution in [0.4, 0.5) is 5.69 Å². The number of hydrogen-bond donors (Lipinski definition) is 3. The van der Waals surface area contributed by atoms with E-state index in [0.717, 1.165) is 11.1 Å². The van der Waals surface area contributed by atoms with Gasteiger partial charge in [-0.05, 0) is 42.7 Å². The van der Waals surface area contributed by atoms with Crippen LogP contribution in [-0.2, 0) is 0 Å². The SMILES string of the molecule is Cc1ccc(O)c(C)c1-c1cc(-c2cncnc2)nc(C(N)=O)c1N. The number of phenolic OH excluding ortho intramolecular Hbond substituents is 1. The van der Waals surface area contributed by atoms with Gasteiger partial charge in [-0.1, -0.05) is 6.07 Å². The highest BCUT2D eigenvalue weighted by atomic mass is 16.3. The van der Waals surface area contributed by atoms with Crippen molar-refractivity contribution in [3.05, 3.63) is 53.7 Å². The van der Waals surface area contributed by atoms with Crippen molar-refractivity contribution < 1.29 is 9.90 Å². The number of benzene rings is 1. The molecule has 0 aliphatic carbocycles. The number of phenols is 1. The summed E-state index contributed by atoms with van der Waals surface area (Å²) >= 11 is 0. The first kappa shape index (κ1) is 16.4. The number of anilines is 1. The summed E-state index contributed by atoms with van der Waals surface area (Å²) in [6.45, 7) is 3.68. The highest BCUT2D eigenvalue weighted by Crippen LogP contribution is 2.38. The third kappa shape index (κ3) is 2.87. The molecule has 2 heterocycles. The van der Waals surface area contributed by atoms with Crippen molar-refractivity contribution >= 4 is 11.6 Å². The molecule has 7 nitrogen and oxygen atoms in total. The van der Waals surface area contributed by atoms with E-state index in [4.69, 9.17) is 11.5 Å². The highest BCUT2D eigenvalue weighted by Gasteiger charge is 2.20. The third-order valence-electron chi connectivity index (χ3n) is 4.06. The first-order valence-corrected chi connectivity index (χ1v) is 7.55. The molecule has 3 aromatic rings. The van der Waals surface area contributed by atoms with Gasteiger partial charge in [-0.3, -0.25) is 4.79 Å². The zero-order chi connectivity index (χ0) is 18.1. The second-order valence-electron chi connectivity index (χ2n) is 5.71. The first-order chi connectivity index (χ1) is 11.9. The van der Waals surface area contributed by atoms with Crippen molar-refractivity contribution in [2.75, 3.05) is 5.73 Å². The molecule has 0 radical (unpaired) electrons. The molecular formula is C18H17N5O2. The number of carbonyl (C=O) groups is 1. The lowest BCUT2D eigenvalue weighted by atomic mass is 9.92. The van der Waals surface area contributed by atoms with Crippen molar-refractivity contribution in [1.82, 2.24) is 15.0 Å². The Labute approximate surface area is 144 Å². The van der Waals surface area contributed by atoms with Crippen LogP contribution in [0.5, 0.6) is 5.75 Å². The Morgan fingerprint density at radius 3 is 2.48 bits per heavy atom. The monoisotopic (exact) mass is 335 g/mol. The predicted molar refractivity (Wildman–Crippen MR) is 94.8 cm³/mol. The standard InChI is InChI=1S/C18H17N5O2/c1-9-3-4-14(24)10(2)15(9)12-5-13(11-6-21-8-22-7-11)23-17(16(12)19)18(20)25/h3-8,24H,19H2,1-2H3,(H2,20,25). The zero-order valence-corrected chi connectivity index (χ0v) is 13.8. The minimum Gasteiger partial charge on any atom is -0.508 e. The van der Waals surface area contributed by atoms with Gasteiger partial charge in [0.2, 0.25) is 0 Å². The fourth-order valence-corrected chi connectivity index (χ4v) is 2.78. The molecule has 0 saturated heterocycles. The molecule has 0 fully saturated rings. The van der Waals surface area contributed by atoms with Gasteiger partial charge in [0.05, 0.1) is 11.4 Å². The van der Waals surface area contributed by atoms with Crippen molar-refractivity contribution in [2.45, 2.75) is 13.8 Å². The summed E-state index contributed by atoms with van der Waals surface area (Å²) in [4.78, 5) is 24.0. The molecule has 0 bridgehead atoms. The van der Waals surface area contributed by atoms with E-state index in [-0.39, 0.29) is 17.1 Å². The number of pyridine rings is 1. The highest BCUT2D eigenvalue weighted by molar-refractivity contribution is 6.01. The van der Waals surface area contributed by atoms with Gasteiger partial charge < -0.3 is 16.6 Å². The Kier molecular flexibility index (Phi) is 4.06. The number of amides is 1. The number of nitrogens with two attached hydrogens (primary N) is 2. The number of aromatic nitrogens is 3. The van der Waals surface area contributed by atoms with Crippen LogP contribution in [0.25, 0.3) is 22.4 Å². The van der Waals surface area contributed by atoms with Gasteiger partial charge in [-0.15, -0.1) is 0 Å². The Bertz CT molecular complexity index is 971. The fraction of sp³-hybridized carbons (Fsp3) is 0.111. The molecule has 0 spiro atoms. The van der Waals surface area contributed by atoms with E-state index < -0.39 is 5.91 Å². The molecule has 0 atom stereocenters. The lowest BCUT2D eigenvalue weighted by Gasteiger charge is -2.16. The molecule has 1 aromatic carbocycles. The number of nitrogens with zero attached hydrogens (tertiary/aromatic N) is 3. The maximum absolute atomic E-state index is 11.8. The Balaban J connectivity index is 2.36. The average Bonchev–Trinajstić information content (AvgIpc) is 2.60. The van der Waals surface area contributed by atoms with Crippen LogP contribution in [-0.4, -0.2) is 26.0 Å². The summed E-state index contributed by atoms with van der Waals surface area (Å²) in [6, 6.07) is 5.15. The van der Waals surface area contributed by atoms with Crippen molar-refractivity contribution in [1.29, 1.82) is 0 Å². The second kappa shape index (κ2) is 6.20. The predicted octanol–water partition coefficient (Wildman–Crippen LogP) is 2.21. The van der Waals surface area contributed by atoms with E-state index in [1.165, 1.54) is 6.33 Å². The third-order valence-corrected chi connectivity index (χ3v) is 4.06. The summed E-state index contributed by atoms with van der Waals surface area (Å²) in [6.07, 6.45) is 4.57. The van der Waals surface area contributed by atoms with Gasteiger partial charge in [0, 0.05) is 23.5 Å². The fourth-order valence-electron chi connectivity index (χ4n) is 2.78. The van der Waals surface area contributed by atoms with Crippen LogP contribution in [0.3, 0.4) is 0 Å². The number of aromatic hydroxyl groups is 1. The van der Waals surface area contributed by atoms with Gasteiger partial charge in [0.25, 0.3) is 5.91 Å². The maximum atomic E-state index is 11.8. The Morgan fingerprint density at radius 1 is 1.16 bits per heavy atom. The quantitative estimate of drug-likeness (QED) is 0.673. The Hall–Kier alpha value is -3.48. The van der Waals surface area contributed by atoms with Crippen molar-refractivity contribution in [2.24, 2.45) is 5.73 Å². The van der Waals surface area contributed by atoms with Crippen molar-refractivity contribution in [3.8, 4) is 28.1 Å². The maximum Gasteiger partial charge on any atom is 0.269 e. The number of primary amides is 1. The summed E-state index contributed by atoms with van der Waals surface area (Å²) in [7, 11) is 0. The average molecular weight is 335 g/mol. The number of aryl methyl sites for hydroxylation is 1. The molecule has 0 aliphatic rings. The molecular weight excluding hydrogens is 318 g/mol. The van der Waals surface area contributed by atoms with Crippen molar-refractivity contribution in [3.63, 3.8) is 0 Å². The number of carbonyl (C=O) groups excluding carboxylic acids is 1. The van der Waals surface area contributed by atoms with Crippen LogP contribution >= 0.6 is 0 Å². The summed E-state index contributed by atoms with van der Waals surface area (Å²) in [5.41, 5.74) is 15.7. The van der Waals surface area contributed by atoms with E-state index >= 15 is 0 Å². The minimum atomic E-state index is -0.729. The van der Waals surface area contributed by atoms with Crippen LogP contribution < -0.4 is 11.5 Å². The largest absolute Gasteiger partial charge is 0.508 e. The van der Waals surface area contributed by atoms with E-state index in [9.17, 15) is 9.90 Å². The van der Waals surface area contributed by atoms with E-state index in [2.05, 4.69) is 15.0 Å². The lowest BCUT2D eigenvalue weighted by Crippen LogP contribution is -2.17. The van der Waals surface area contributed by atoms with E-state index in [0.29, 0.717) is 22.4 Å². The van der Waals surface area contributed by atoms with Crippen LogP contribution in [0, 0.1) is 13.8 Å². The number of rotatable bonds is 3. The van der Waals surface area contributed by atoms with Gasteiger partial charge >= 0.3 is 0 Å². The second-order valence-corrected chi connectivity index (χ2v) is 5.71. The molecule has 126 valence electrons. The minimum absolute atomic E-state index is 0.0292. The Morgan fingerprint density at radius 2 is 1.84 bits per heavy atom. The lowest BCUT2D eigenvalue weighted by molar-refractivity contribution is 0.0996. The van der Waals surface area contributed by atoms with E-state index in [1.807, 2.05) is 6.92 Å². The van der Waals surface area contributed by atoms with Crippen LogP contribution in [0.2, 0.25) is 0 Å². The molecule has 2 aromatic heterocycles. The van der Waals surface area contributed by atoms with Gasteiger partial charge in [0.15, 0.2) is 5.69 Å². The molecule has 5 N–H and O–H groups in total. The van der Waals surface area contributed by atoms with Gasteiger partial charge in [-0.25, -0.2) is 15.0 Å². The first-order valence-electron chi connectivity index (χ1n) is 7.55. The van der Waals surface area contributed by atoms with Gasteiger partial charge in [-0.2, -0.15) is 0 Å². The van der Waals surface area contributed by atoms with Crippen LogP contribution in [0.15, 0.2) is 36.9 Å².